The highest BCUT2D eigenvalue weighted by molar-refractivity contribution is 5.80. The van der Waals surface area contributed by atoms with Gasteiger partial charge in [0.05, 0.1) is 0 Å². The molecule has 92 valence electrons. The standard InChI is InChI=1S/C14H15N3O/c18-10-12-14-15-7-4-8-17(14)13(16-12)9-11-5-2-1-3-6-11/h1-3,5-6,10,15H,4,7-9H2. The second kappa shape index (κ2) is 4.64. The van der Waals surface area contributed by atoms with Crippen molar-refractivity contribution in [2.24, 2.45) is 0 Å². The van der Waals surface area contributed by atoms with E-state index in [9.17, 15) is 4.79 Å². The monoisotopic (exact) mass is 241 g/mol. The Hall–Kier alpha value is -2.10. The van der Waals surface area contributed by atoms with E-state index in [4.69, 9.17) is 0 Å². The Kier molecular flexibility index (Phi) is 2.84. The van der Waals surface area contributed by atoms with Gasteiger partial charge in [0.25, 0.3) is 0 Å². The van der Waals surface area contributed by atoms with Crippen molar-refractivity contribution < 1.29 is 4.79 Å². The summed E-state index contributed by atoms with van der Waals surface area (Å²) in [6.45, 7) is 1.85. The van der Waals surface area contributed by atoms with Gasteiger partial charge in [0.2, 0.25) is 0 Å². The number of nitrogens with one attached hydrogen (secondary N) is 1. The Bertz CT molecular complexity index is 560. The average molecular weight is 241 g/mol. The number of fused-ring (bicyclic) bond motifs is 1. The second-order valence-corrected chi connectivity index (χ2v) is 4.47. The summed E-state index contributed by atoms with van der Waals surface area (Å²) >= 11 is 0. The predicted octanol–water partition coefficient (Wildman–Crippen LogP) is 2.10. The number of benzene rings is 1. The van der Waals surface area contributed by atoms with Crippen LogP contribution in [0.5, 0.6) is 0 Å². The number of hydrogen-bond donors (Lipinski definition) is 1. The number of aromatic nitrogens is 2. The summed E-state index contributed by atoms with van der Waals surface area (Å²) in [5, 5.41) is 3.26. The summed E-state index contributed by atoms with van der Waals surface area (Å²) in [5.41, 5.74) is 1.74. The van der Waals surface area contributed by atoms with Crippen molar-refractivity contribution in [3.8, 4) is 0 Å². The number of hydrogen-bond acceptors (Lipinski definition) is 3. The molecule has 0 fully saturated rings. The third-order valence-electron chi connectivity index (χ3n) is 3.24. The molecule has 0 unspecified atom stereocenters. The van der Waals surface area contributed by atoms with Crippen molar-refractivity contribution in [2.75, 3.05) is 11.9 Å². The van der Waals surface area contributed by atoms with Gasteiger partial charge in [-0.2, -0.15) is 0 Å². The van der Waals surface area contributed by atoms with Crippen LogP contribution in [0, 0.1) is 0 Å². The molecule has 1 aromatic heterocycles. The summed E-state index contributed by atoms with van der Waals surface area (Å²) in [7, 11) is 0. The zero-order chi connectivity index (χ0) is 12.4. The molecular formula is C14H15N3O. The van der Waals surface area contributed by atoms with Gasteiger partial charge in [-0.05, 0) is 12.0 Å². The number of rotatable bonds is 3. The first-order valence-corrected chi connectivity index (χ1v) is 6.21. The second-order valence-electron chi connectivity index (χ2n) is 4.47. The van der Waals surface area contributed by atoms with Crippen LogP contribution in [0.15, 0.2) is 30.3 Å². The summed E-state index contributed by atoms with van der Waals surface area (Å²) < 4.78 is 2.13. The van der Waals surface area contributed by atoms with Crippen molar-refractivity contribution in [2.45, 2.75) is 19.4 Å². The number of imidazole rings is 1. The smallest absolute Gasteiger partial charge is 0.172 e. The first-order chi connectivity index (χ1) is 8.88. The molecule has 1 N–H and O–H groups in total. The average Bonchev–Trinajstić information content (AvgIpc) is 2.78. The predicted molar refractivity (Wildman–Crippen MR) is 70.0 cm³/mol. The minimum Gasteiger partial charge on any atom is -0.369 e. The van der Waals surface area contributed by atoms with Gasteiger partial charge in [-0.1, -0.05) is 30.3 Å². The van der Waals surface area contributed by atoms with Gasteiger partial charge in [0.1, 0.15) is 17.3 Å². The molecule has 4 heteroatoms. The molecule has 0 aliphatic carbocycles. The first kappa shape index (κ1) is 11.0. The van der Waals surface area contributed by atoms with Crippen LogP contribution in [0.25, 0.3) is 0 Å². The van der Waals surface area contributed by atoms with Crippen LogP contribution in [0.1, 0.15) is 28.3 Å². The van der Waals surface area contributed by atoms with E-state index in [1.807, 2.05) is 18.2 Å². The summed E-state index contributed by atoms with van der Waals surface area (Å²) in [6.07, 6.45) is 2.67. The van der Waals surface area contributed by atoms with E-state index in [-0.39, 0.29) is 0 Å². The third kappa shape index (κ3) is 1.90. The van der Waals surface area contributed by atoms with Gasteiger partial charge >= 0.3 is 0 Å². The molecule has 0 saturated carbocycles. The minimum absolute atomic E-state index is 0.528. The summed E-state index contributed by atoms with van der Waals surface area (Å²) in [4.78, 5) is 15.5. The maximum Gasteiger partial charge on any atom is 0.172 e. The molecule has 0 radical (unpaired) electrons. The summed E-state index contributed by atoms with van der Waals surface area (Å²) in [5.74, 6) is 1.84. The number of aldehydes is 1. The molecule has 0 atom stereocenters. The van der Waals surface area contributed by atoms with Crippen molar-refractivity contribution in [1.82, 2.24) is 9.55 Å². The van der Waals surface area contributed by atoms with E-state index in [0.29, 0.717) is 5.69 Å². The third-order valence-corrected chi connectivity index (χ3v) is 3.24. The highest BCUT2D eigenvalue weighted by Crippen LogP contribution is 2.22. The van der Waals surface area contributed by atoms with Crippen LogP contribution in [0.3, 0.4) is 0 Å². The van der Waals surface area contributed by atoms with Gasteiger partial charge in [-0.3, -0.25) is 4.79 Å². The molecule has 2 heterocycles. The molecule has 4 nitrogen and oxygen atoms in total. The highest BCUT2D eigenvalue weighted by atomic mass is 16.1. The van der Waals surface area contributed by atoms with E-state index < -0.39 is 0 Å². The Morgan fingerprint density at radius 1 is 1.33 bits per heavy atom. The molecule has 1 aromatic carbocycles. The van der Waals surface area contributed by atoms with Crippen LogP contribution in [0.4, 0.5) is 5.82 Å². The van der Waals surface area contributed by atoms with Gasteiger partial charge in [0.15, 0.2) is 6.29 Å². The zero-order valence-corrected chi connectivity index (χ0v) is 10.1. The number of carbonyl (C=O) groups is 1. The SMILES string of the molecule is O=Cc1nc(Cc2ccccc2)n2c1NCCC2. The fourth-order valence-corrected chi connectivity index (χ4v) is 2.39. The molecule has 0 amide bonds. The topological polar surface area (TPSA) is 46.9 Å². The van der Waals surface area contributed by atoms with E-state index in [1.54, 1.807) is 0 Å². The Morgan fingerprint density at radius 3 is 2.94 bits per heavy atom. The lowest BCUT2D eigenvalue weighted by Gasteiger charge is -2.18. The van der Waals surface area contributed by atoms with E-state index >= 15 is 0 Å². The molecular weight excluding hydrogens is 226 g/mol. The van der Waals surface area contributed by atoms with E-state index in [2.05, 4.69) is 27.0 Å². The molecule has 3 rings (SSSR count). The molecule has 0 bridgehead atoms. The molecule has 2 aromatic rings. The lowest BCUT2D eigenvalue weighted by atomic mass is 10.1. The number of carbonyl (C=O) groups excluding carboxylic acids is 1. The fraction of sp³-hybridized carbons (Fsp3) is 0.286. The number of anilines is 1. The van der Waals surface area contributed by atoms with Gasteiger partial charge in [-0.25, -0.2) is 4.98 Å². The van der Waals surface area contributed by atoms with Crippen molar-refractivity contribution in [3.05, 3.63) is 47.4 Å². The van der Waals surface area contributed by atoms with Crippen molar-refractivity contribution in [1.29, 1.82) is 0 Å². The van der Waals surface area contributed by atoms with Crippen LogP contribution in [-0.2, 0) is 13.0 Å². The maximum absolute atomic E-state index is 11.0. The minimum atomic E-state index is 0.528. The zero-order valence-electron chi connectivity index (χ0n) is 10.1. The Labute approximate surface area is 106 Å². The van der Waals surface area contributed by atoms with Crippen molar-refractivity contribution in [3.63, 3.8) is 0 Å². The van der Waals surface area contributed by atoms with E-state index in [1.165, 1.54) is 5.56 Å². The van der Waals surface area contributed by atoms with Gasteiger partial charge < -0.3 is 9.88 Å². The summed E-state index contributed by atoms with van der Waals surface area (Å²) in [6, 6.07) is 10.2. The normalized spacial score (nSPS) is 13.8. The molecule has 1 aliphatic heterocycles. The lowest BCUT2D eigenvalue weighted by Crippen LogP contribution is -2.19. The first-order valence-electron chi connectivity index (χ1n) is 6.21. The van der Waals surface area contributed by atoms with Crippen molar-refractivity contribution >= 4 is 12.1 Å². The van der Waals surface area contributed by atoms with Crippen LogP contribution >= 0.6 is 0 Å². The van der Waals surface area contributed by atoms with Gasteiger partial charge in [0, 0.05) is 19.5 Å². The maximum atomic E-state index is 11.0. The quantitative estimate of drug-likeness (QED) is 0.837. The van der Waals surface area contributed by atoms with Gasteiger partial charge in [-0.15, -0.1) is 0 Å². The van der Waals surface area contributed by atoms with E-state index in [0.717, 1.165) is 43.9 Å². The number of nitrogens with zero attached hydrogens (tertiary/aromatic N) is 2. The largest absolute Gasteiger partial charge is 0.369 e. The molecule has 0 saturated heterocycles. The molecule has 18 heavy (non-hydrogen) atoms. The molecule has 1 aliphatic rings. The van der Waals surface area contributed by atoms with Crippen LogP contribution in [0.2, 0.25) is 0 Å². The lowest BCUT2D eigenvalue weighted by molar-refractivity contribution is 0.112. The fourth-order valence-electron chi connectivity index (χ4n) is 2.39. The Balaban J connectivity index is 1.97. The van der Waals surface area contributed by atoms with Crippen LogP contribution < -0.4 is 5.32 Å². The Morgan fingerprint density at radius 2 is 2.17 bits per heavy atom. The highest BCUT2D eigenvalue weighted by Gasteiger charge is 2.19. The molecule has 0 spiro atoms. The van der Waals surface area contributed by atoms with Crippen LogP contribution in [-0.4, -0.2) is 22.4 Å².